The normalized spacial score (nSPS) is 10.4. The topological polar surface area (TPSA) is 12.0 Å². The van der Waals surface area contributed by atoms with Gasteiger partial charge in [0.25, 0.3) is 0 Å². The van der Waals surface area contributed by atoms with Crippen molar-refractivity contribution in [2.45, 2.75) is 13.3 Å². The first kappa shape index (κ1) is 11.1. The molecule has 2 rings (SSSR count). The Morgan fingerprint density at radius 3 is 2.88 bits per heavy atom. The van der Waals surface area contributed by atoms with E-state index in [0.29, 0.717) is 5.69 Å². The van der Waals surface area contributed by atoms with E-state index in [1.165, 1.54) is 5.56 Å². The number of halogens is 1. The van der Waals surface area contributed by atoms with E-state index in [4.69, 9.17) is 0 Å². The number of aryl methyl sites for hydroxylation is 1. The average molecular weight is 235 g/mol. The molecular formula is C13H14FNS. The van der Waals surface area contributed by atoms with Crippen molar-refractivity contribution in [1.82, 2.24) is 0 Å². The van der Waals surface area contributed by atoms with Crippen LogP contribution in [-0.2, 0) is 6.42 Å². The minimum Gasteiger partial charge on any atom is -0.382 e. The van der Waals surface area contributed by atoms with Crippen LogP contribution in [0.3, 0.4) is 0 Å². The van der Waals surface area contributed by atoms with Crippen molar-refractivity contribution in [3.63, 3.8) is 0 Å². The van der Waals surface area contributed by atoms with Gasteiger partial charge in [0, 0.05) is 6.54 Å². The smallest absolute Gasteiger partial charge is 0.146 e. The van der Waals surface area contributed by atoms with Gasteiger partial charge in [0.05, 0.1) is 5.69 Å². The molecule has 0 aliphatic rings. The summed E-state index contributed by atoms with van der Waals surface area (Å²) in [6.45, 7) is 2.65. The monoisotopic (exact) mass is 235 g/mol. The van der Waals surface area contributed by atoms with Crippen molar-refractivity contribution in [3.8, 4) is 0 Å². The Balaban J connectivity index is 1.90. The van der Waals surface area contributed by atoms with Gasteiger partial charge in [-0.3, -0.25) is 0 Å². The van der Waals surface area contributed by atoms with Crippen molar-refractivity contribution in [2.24, 2.45) is 0 Å². The molecule has 1 N–H and O–H groups in total. The first-order valence-corrected chi connectivity index (χ1v) is 6.21. The lowest BCUT2D eigenvalue weighted by atomic mass is 10.2. The number of thiophene rings is 1. The van der Waals surface area contributed by atoms with Gasteiger partial charge in [0.1, 0.15) is 5.82 Å². The van der Waals surface area contributed by atoms with Crippen LogP contribution in [0.5, 0.6) is 0 Å². The Kier molecular flexibility index (Phi) is 3.57. The van der Waals surface area contributed by atoms with Gasteiger partial charge in [-0.1, -0.05) is 6.07 Å². The summed E-state index contributed by atoms with van der Waals surface area (Å²) in [6, 6.07) is 7.35. The summed E-state index contributed by atoms with van der Waals surface area (Å²) in [5.74, 6) is -0.176. The van der Waals surface area contributed by atoms with Gasteiger partial charge in [0.15, 0.2) is 0 Å². The third-order valence-corrected chi connectivity index (χ3v) is 3.17. The van der Waals surface area contributed by atoms with Gasteiger partial charge in [-0.15, -0.1) is 0 Å². The molecule has 0 fully saturated rings. The fraction of sp³-hybridized carbons (Fsp3) is 0.231. The summed E-state index contributed by atoms with van der Waals surface area (Å²) in [6.07, 6.45) is 0.927. The first-order chi connectivity index (χ1) is 7.75. The average Bonchev–Trinajstić information content (AvgIpc) is 2.74. The highest BCUT2D eigenvalue weighted by Gasteiger charge is 2.01. The molecule has 0 amide bonds. The van der Waals surface area contributed by atoms with Gasteiger partial charge < -0.3 is 5.32 Å². The summed E-state index contributed by atoms with van der Waals surface area (Å²) in [7, 11) is 0. The van der Waals surface area contributed by atoms with Gasteiger partial charge >= 0.3 is 0 Å². The second-order valence-electron chi connectivity index (χ2n) is 3.79. The van der Waals surface area contributed by atoms with E-state index < -0.39 is 0 Å². The first-order valence-electron chi connectivity index (χ1n) is 5.27. The molecule has 1 heterocycles. The Morgan fingerprint density at radius 2 is 2.19 bits per heavy atom. The highest BCUT2D eigenvalue weighted by atomic mass is 32.1. The third-order valence-electron chi connectivity index (χ3n) is 2.43. The molecule has 0 atom stereocenters. The Labute approximate surface area is 98.9 Å². The molecule has 0 radical (unpaired) electrons. The summed E-state index contributed by atoms with van der Waals surface area (Å²) >= 11 is 1.69. The van der Waals surface area contributed by atoms with E-state index in [2.05, 4.69) is 22.1 Å². The van der Waals surface area contributed by atoms with Gasteiger partial charge in [-0.2, -0.15) is 11.3 Å². The lowest BCUT2D eigenvalue weighted by molar-refractivity contribution is 0.629. The molecule has 16 heavy (non-hydrogen) atoms. The van der Waals surface area contributed by atoms with Crippen LogP contribution in [0, 0.1) is 12.7 Å². The second-order valence-corrected chi connectivity index (χ2v) is 4.57. The van der Waals surface area contributed by atoms with Crippen molar-refractivity contribution < 1.29 is 4.39 Å². The van der Waals surface area contributed by atoms with Crippen molar-refractivity contribution in [2.75, 3.05) is 11.9 Å². The van der Waals surface area contributed by atoms with E-state index >= 15 is 0 Å². The molecule has 84 valence electrons. The molecular weight excluding hydrogens is 221 g/mol. The maximum absolute atomic E-state index is 13.5. The zero-order valence-electron chi connectivity index (χ0n) is 9.16. The predicted molar refractivity (Wildman–Crippen MR) is 67.6 cm³/mol. The highest BCUT2D eigenvalue weighted by molar-refractivity contribution is 7.07. The van der Waals surface area contributed by atoms with Crippen LogP contribution in [0.4, 0.5) is 10.1 Å². The quantitative estimate of drug-likeness (QED) is 0.848. The molecule has 1 aromatic heterocycles. The molecule has 0 saturated heterocycles. The van der Waals surface area contributed by atoms with E-state index in [9.17, 15) is 4.39 Å². The highest BCUT2D eigenvalue weighted by Crippen LogP contribution is 2.15. The largest absolute Gasteiger partial charge is 0.382 e. The molecule has 0 saturated carbocycles. The number of nitrogens with one attached hydrogen (secondary N) is 1. The predicted octanol–water partition coefficient (Wildman–Crippen LogP) is 3.85. The Bertz CT molecular complexity index is 451. The number of anilines is 1. The Hall–Kier alpha value is -1.35. The lowest BCUT2D eigenvalue weighted by Crippen LogP contribution is -2.05. The van der Waals surface area contributed by atoms with Crippen molar-refractivity contribution in [1.29, 1.82) is 0 Å². The summed E-state index contributed by atoms with van der Waals surface area (Å²) in [5.41, 5.74) is 2.83. The Morgan fingerprint density at radius 1 is 1.31 bits per heavy atom. The standard InChI is InChI=1S/C13H14FNS/c1-10-2-3-13(12(14)8-10)15-6-4-11-5-7-16-9-11/h2-3,5,7-9,15H,4,6H2,1H3. The van der Waals surface area contributed by atoms with E-state index in [-0.39, 0.29) is 5.82 Å². The molecule has 0 unspecified atom stereocenters. The van der Waals surface area contributed by atoms with E-state index in [1.807, 2.05) is 13.0 Å². The summed E-state index contributed by atoms with van der Waals surface area (Å²) in [5, 5.41) is 7.28. The molecule has 0 bridgehead atoms. The van der Waals surface area contributed by atoms with Gasteiger partial charge in [0.2, 0.25) is 0 Å². The number of benzene rings is 1. The zero-order valence-corrected chi connectivity index (χ0v) is 9.98. The molecule has 2 aromatic rings. The SMILES string of the molecule is Cc1ccc(NCCc2ccsc2)c(F)c1. The lowest BCUT2D eigenvalue weighted by Gasteiger charge is -2.07. The fourth-order valence-corrected chi connectivity index (χ4v) is 2.24. The van der Waals surface area contributed by atoms with Crippen molar-refractivity contribution >= 4 is 17.0 Å². The minimum atomic E-state index is -0.176. The van der Waals surface area contributed by atoms with Gasteiger partial charge in [-0.25, -0.2) is 4.39 Å². The molecule has 3 heteroatoms. The van der Waals surface area contributed by atoms with Crippen LogP contribution in [0.25, 0.3) is 0 Å². The molecule has 1 aromatic carbocycles. The third kappa shape index (κ3) is 2.83. The maximum atomic E-state index is 13.5. The molecule has 0 aliphatic carbocycles. The number of hydrogen-bond acceptors (Lipinski definition) is 2. The zero-order chi connectivity index (χ0) is 11.4. The van der Waals surface area contributed by atoms with Crippen LogP contribution < -0.4 is 5.32 Å². The summed E-state index contributed by atoms with van der Waals surface area (Å²) in [4.78, 5) is 0. The maximum Gasteiger partial charge on any atom is 0.146 e. The van der Waals surface area contributed by atoms with Crippen LogP contribution >= 0.6 is 11.3 Å². The molecule has 0 spiro atoms. The van der Waals surface area contributed by atoms with Crippen LogP contribution in [0.1, 0.15) is 11.1 Å². The summed E-state index contributed by atoms with van der Waals surface area (Å²) < 4.78 is 13.5. The number of hydrogen-bond donors (Lipinski definition) is 1. The van der Waals surface area contributed by atoms with E-state index in [0.717, 1.165) is 18.5 Å². The van der Waals surface area contributed by atoms with Crippen LogP contribution in [0.2, 0.25) is 0 Å². The number of rotatable bonds is 4. The van der Waals surface area contributed by atoms with Crippen LogP contribution in [-0.4, -0.2) is 6.54 Å². The van der Waals surface area contributed by atoms with Crippen molar-refractivity contribution in [3.05, 3.63) is 52.0 Å². The van der Waals surface area contributed by atoms with Crippen LogP contribution in [0.15, 0.2) is 35.0 Å². The fourth-order valence-electron chi connectivity index (χ4n) is 1.54. The van der Waals surface area contributed by atoms with Gasteiger partial charge in [-0.05, 0) is 53.4 Å². The minimum absolute atomic E-state index is 0.176. The molecule has 1 nitrogen and oxygen atoms in total. The van der Waals surface area contributed by atoms with E-state index in [1.54, 1.807) is 23.5 Å². The molecule has 0 aliphatic heterocycles. The second kappa shape index (κ2) is 5.12.